The van der Waals surface area contributed by atoms with E-state index in [9.17, 15) is 4.79 Å². The highest BCUT2D eigenvalue weighted by Gasteiger charge is 2.03. The Morgan fingerprint density at radius 3 is 2.82 bits per heavy atom. The number of hydrogen-bond donors (Lipinski definition) is 1. The van der Waals surface area contributed by atoms with Crippen molar-refractivity contribution in [3.05, 3.63) is 47.0 Å². The summed E-state index contributed by atoms with van der Waals surface area (Å²) in [6, 6.07) is 6.88. The first-order valence-electron chi connectivity index (χ1n) is 5.46. The molecule has 0 unspecified atom stereocenters. The smallest absolute Gasteiger partial charge is 0.248 e. The van der Waals surface area contributed by atoms with Crippen LogP contribution < -0.4 is 10.3 Å². The highest BCUT2D eigenvalue weighted by molar-refractivity contribution is 5.59. The molecule has 4 nitrogen and oxygen atoms in total. The minimum atomic E-state index is -0.127. The number of hydrogen-bond acceptors (Lipinski definition) is 3. The largest absolute Gasteiger partial charge is 0.489 e. The van der Waals surface area contributed by atoms with Crippen molar-refractivity contribution in [1.82, 2.24) is 9.97 Å². The van der Waals surface area contributed by atoms with Crippen molar-refractivity contribution in [3.8, 4) is 17.0 Å². The molecular formula is C13H14N2O2. The Labute approximate surface area is 99.3 Å². The maximum atomic E-state index is 11.2. The maximum absolute atomic E-state index is 11.2. The monoisotopic (exact) mass is 230 g/mol. The molecule has 0 radical (unpaired) electrons. The Kier molecular flexibility index (Phi) is 3.23. The first-order chi connectivity index (χ1) is 8.15. The van der Waals surface area contributed by atoms with Crippen molar-refractivity contribution in [2.75, 3.05) is 0 Å². The summed E-state index contributed by atoms with van der Waals surface area (Å²) in [5, 5.41) is 0. The molecule has 0 saturated heterocycles. The van der Waals surface area contributed by atoms with Crippen LogP contribution in [-0.4, -0.2) is 16.1 Å². The van der Waals surface area contributed by atoms with E-state index in [0.29, 0.717) is 5.75 Å². The second kappa shape index (κ2) is 4.82. The minimum absolute atomic E-state index is 0.0990. The minimum Gasteiger partial charge on any atom is -0.489 e. The van der Waals surface area contributed by atoms with E-state index >= 15 is 0 Å². The number of nitrogens with zero attached hydrogens (tertiary/aromatic N) is 1. The maximum Gasteiger partial charge on any atom is 0.248 e. The summed E-state index contributed by atoms with van der Waals surface area (Å²) in [5.74, 6) is 0.696. The van der Waals surface area contributed by atoms with Crippen LogP contribution in [0.2, 0.25) is 0 Å². The van der Waals surface area contributed by atoms with Gasteiger partial charge in [0, 0.05) is 23.5 Å². The summed E-state index contributed by atoms with van der Waals surface area (Å²) in [6.45, 7) is 3.91. The van der Waals surface area contributed by atoms with Crippen molar-refractivity contribution in [1.29, 1.82) is 0 Å². The summed E-state index contributed by atoms with van der Waals surface area (Å²) in [7, 11) is 0. The fourth-order valence-corrected chi connectivity index (χ4v) is 1.52. The van der Waals surface area contributed by atoms with Gasteiger partial charge in [-0.15, -0.1) is 0 Å². The van der Waals surface area contributed by atoms with Gasteiger partial charge < -0.3 is 9.72 Å². The van der Waals surface area contributed by atoms with Crippen molar-refractivity contribution >= 4 is 0 Å². The van der Waals surface area contributed by atoms with Crippen LogP contribution in [-0.2, 0) is 0 Å². The van der Waals surface area contributed by atoms with Gasteiger partial charge in [0.25, 0.3) is 0 Å². The molecule has 0 aliphatic carbocycles. The van der Waals surface area contributed by atoms with Gasteiger partial charge in [0.05, 0.1) is 12.3 Å². The molecule has 0 spiro atoms. The molecule has 88 valence electrons. The first kappa shape index (κ1) is 11.4. The second-order valence-corrected chi connectivity index (χ2v) is 4.00. The van der Waals surface area contributed by atoms with Crippen molar-refractivity contribution in [2.24, 2.45) is 0 Å². The Morgan fingerprint density at radius 2 is 2.12 bits per heavy atom. The second-order valence-electron chi connectivity index (χ2n) is 4.00. The number of H-pyrrole nitrogens is 1. The lowest BCUT2D eigenvalue weighted by Gasteiger charge is -2.10. The molecule has 0 bridgehead atoms. The van der Waals surface area contributed by atoms with Gasteiger partial charge in [0.15, 0.2) is 0 Å². The molecule has 0 aromatic carbocycles. The zero-order chi connectivity index (χ0) is 12.3. The third-order valence-corrected chi connectivity index (χ3v) is 2.16. The van der Waals surface area contributed by atoms with E-state index in [1.165, 1.54) is 6.07 Å². The van der Waals surface area contributed by atoms with Gasteiger partial charge in [-0.2, -0.15) is 0 Å². The summed E-state index contributed by atoms with van der Waals surface area (Å²) in [6.07, 6.45) is 3.45. The number of nitrogens with one attached hydrogen (secondary N) is 1. The molecule has 1 N–H and O–H groups in total. The zero-order valence-electron chi connectivity index (χ0n) is 9.81. The molecule has 2 rings (SSSR count). The predicted molar refractivity (Wildman–Crippen MR) is 66.1 cm³/mol. The predicted octanol–water partition coefficient (Wildman–Crippen LogP) is 2.22. The van der Waals surface area contributed by atoms with Gasteiger partial charge in [-0.3, -0.25) is 9.78 Å². The van der Waals surface area contributed by atoms with Crippen molar-refractivity contribution in [2.45, 2.75) is 20.0 Å². The quantitative estimate of drug-likeness (QED) is 0.879. The van der Waals surface area contributed by atoms with Crippen LogP contribution in [0, 0.1) is 0 Å². The lowest BCUT2D eigenvalue weighted by atomic mass is 10.2. The molecule has 0 atom stereocenters. The van der Waals surface area contributed by atoms with E-state index in [1.54, 1.807) is 18.5 Å². The van der Waals surface area contributed by atoms with Gasteiger partial charge in [-0.05, 0) is 26.0 Å². The Bertz CT molecular complexity index is 561. The highest BCUT2D eigenvalue weighted by atomic mass is 16.5. The van der Waals surface area contributed by atoms with E-state index in [4.69, 9.17) is 4.74 Å². The number of aromatic nitrogens is 2. The average Bonchev–Trinajstić information content (AvgIpc) is 2.28. The third kappa shape index (κ3) is 2.93. The van der Waals surface area contributed by atoms with Crippen LogP contribution in [0.3, 0.4) is 0 Å². The molecule has 0 aliphatic heterocycles. The molecule has 2 heterocycles. The Morgan fingerprint density at radius 1 is 1.29 bits per heavy atom. The fraction of sp³-hybridized carbons (Fsp3) is 0.231. The molecule has 0 saturated carbocycles. The molecule has 0 fully saturated rings. The Hall–Kier alpha value is -2.10. The SMILES string of the molecule is CC(C)Oc1cncc(-c2cccc(=O)[nH]2)c1. The summed E-state index contributed by atoms with van der Waals surface area (Å²) < 4.78 is 5.55. The number of ether oxygens (including phenoxy) is 1. The lowest BCUT2D eigenvalue weighted by molar-refractivity contribution is 0.241. The van der Waals surface area contributed by atoms with E-state index in [0.717, 1.165) is 11.3 Å². The van der Waals surface area contributed by atoms with Crippen LogP contribution in [0.1, 0.15) is 13.8 Å². The molecule has 0 aliphatic rings. The van der Waals surface area contributed by atoms with Crippen LogP contribution in [0.25, 0.3) is 11.3 Å². The number of pyridine rings is 2. The normalized spacial score (nSPS) is 10.5. The molecule has 2 aromatic rings. The third-order valence-electron chi connectivity index (χ3n) is 2.16. The number of aromatic amines is 1. The van der Waals surface area contributed by atoms with Crippen LogP contribution >= 0.6 is 0 Å². The van der Waals surface area contributed by atoms with Gasteiger partial charge >= 0.3 is 0 Å². The van der Waals surface area contributed by atoms with Gasteiger partial charge in [-0.25, -0.2) is 0 Å². The van der Waals surface area contributed by atoms with Gasteiger partial charge in [0.2, 0.25) is 5.56 Å². The van der Waals surface area contributed by atoms with Crippen molar-refractivity contribution in [3.63, 3.8) is 0 Å². The van der Waals surface area contributed by atoms with Gasteiger partial charge in [0.1, 0.15) is 5.75 Å². The van der Waals surface area contributed by atoms with E-state index in [1.807, 2.05) is 26.0 Å². The van der Waals surface area contributed by atoms with Crippen LogP contribution in [0.15, 0.2) is 41.5 Å². The van der Waals surface area contributed by atoms with E-state index in [-0.39, 0.29) is 11.7 Å². The van der Waals surface area contributed by atoms with E-state index in [2.05, 4.69) is 9.97 Å². The summed E-state index contributed by atoms with van der Waals surface area (Å²) in [5.41, 5.74) is 1.44. The Balaban J connectivity index is 2.36. The molecule has 17 heavy (non-hydrogen) atoms. The number of rotatable bonds is 3. The topological polar surface area (TPSA) is 55.0 Å². The van der Waals surface area contributed by atoms with E-state index < -0.39 is 0 Å². The lowest BCUT2D eigenvalue weighted by Crippen LogP contribution is -2.06. The fourth-order valence-electron chi connectivity index (χ4n) is 1.52. The van der Waals surface area contributed by atoms with Crippen LogP contribution in [0.5, 0.6) is 5.75 Å². The highest BCUT2D eigenvalue weighted by Crippen LogP contribution is 2.20. The molecule has 2 aromatic heterocycles. The summed E-state index contributed by atoms with van der Waals surface area (Å²) in [4.78, 5) is 18.1. The molecule has 0 amide bonds. The van der Waals surface area contributed by atoms with Gasteiger partial charge in [-0.1, -0.05) is 6.07 Å². The zero-order valence-corrected chi connectivity index (χ0v) is 9.81. The molecular weight excluding hydrogens is 216 g/mol. The average molecular weight is 230 g/mol. The first-order valence-corrected chi connectivity index (χ1v) is 5.46. The van der Waals surface area contributed by atoms with Crippen molar-refractivity contribution < 1.29 is 4.74 Å². The summed E-state index contributed by atoms with van der Waals surface area (Å²) >= 11 is 0. The van der Waals surface area contributed by atoms with Crippen LogP contribution in [0.4, 0.5) is 0 Å². The molecule has 4 heteroatoms. The standard InChI is InChI=1S/C13H14N2O2/c1-9(2)17-11-6-10(7-14-8-11)12-4-3-5-13(16)15-12/h3-9H,1-2H3,(H,15,16).